The normalized spacial score (nSPS) is 22.7. The summed E-state index contributed by atoms with van der Waals surface area (Å²) in [4.78, 5) is 45.4. The first kappa shape index (κ1) is 87.8. The summed E-state index contributed by atoms with van der Waals surface area (Å²) in [5, 5.41) is 35.8. The molecule has 8 atom stereocenters. The highest BCUT2D eigenvalue weighted by atomic mass is 33.5. The number of benzene rings is 20. The number of hydrogen-bond acceptors (Lipinski definition) is 24. The maximum atomic E-state index is 2.50. The molecule has 20 aromatic carbocycles. The van der Waals surface area contributed by atoms with Gasteiger partial charge in [0.05, 0.1) is 0 Å². The molecule has 694 valence electrons. The molecule has 31 heteroatoms. The fourth-order valence-electron chi connectivity index (χ4n) is 24.9. The highest BCUT2D eigenvalue weighted by molar-refractivity contribution is 9.20. The summed E-state index contributed by atoms with van der Waals surface area (Å²) in [5.74, 6) is 2.46. The van der Waals surface area contributed by atoms with Crippen LogP contribution in [0.1, 0.15) is 44.5 Å². The van der Waals surface area contributed by atoms with E-state index in [-0.39, 0.29) is 34.2 Å². The second-order valence-corrected chi connectivity index (χ2v) is 88.7. The number of hydrogen-bond donors (Lipinski definition) is 0. The first-order valence-corrected chi connectivity index (χ1v) is 84.9. The Morgan fingerprint density at radius 1 is 0.179 bits per heavy atom. The first-order valence-electron chi connectivity index (χ1n) is 46.9. The van der Waals surface area contributed by atoms with Crippen molar-refractivity contribution in [3.8, 4) is 0 Å². The van der Waals surface area contributed by atoms with Gasteiger partial charge in [-0.1, -0.05) is 513 Å². The second-order valence-electron chi connectivity index (χ2n) is 37.7. The van der Waals surface area contributed by atoms with Crippen LogP contribution < -0.4 is 20.9 Å². The van der Waals surface area contributed by atoms with E-state index in [4.69, 9.17) is 0 Å². The summed E-state index contributed by atoms with van der Waals surface area (Å²) < 4.78 is 3.35. The van der Waals surface area contributed by atoms with Crippen LogP contribution in [-0.2, 0) is 6.42 Å². The largest absolute Gasteiger partial charge is 0.0616 e. The Morgan fingerprint density at radius 2 is 0.455 bits per heavy atom. The molecule has 0 saturated carbocycles. The number of fused-ring (bicyclic) bond motifs is 15. The van der Waals surface area contributed by atoms with Gasteiger partial charge in [-0.3, -0.25) is 0 Å². The Kier molecular flexibility index (Phi) is 19.8. The van der Waals surface area contributed by atoms with E-state index < -0.39 is 0 Å². The molecule has 0 spiro atoms. The molecule has 24 aliphatic rings. The molecule has 0 saturated heterocycles. The summed E-state index contributed by atoms with van der Waals surface area (Å²) in [7, 11) is 50.9. The molecule has 5 aliphatic carbocycles. The van der Waals surface area contributed by atoms with Crippen molar-refractivity contribution in [1.82, 2.24) is 0 Å². The van der Waals surface area contributed by atoms with Gasteiger partial charge in [-0.25, -0.2) is 0 Å². The average Bonchev–Trinajstić information content (AvgIpc) is 1.49. The maximum absolute atomic E-state index is 2.50. The van der Waals surface area contributed by atoms with E-state index in [9.17, 15) is 0 Å². The number of rotatable bonds is 0. The van der Waals surface area contributed by atoms with E-state index >= 15 is 0 Å². The Balaban J connectivity index is 0.0000000699. The van der Waals surface area contributed by atoms with Gasteiger partial charge in [0.15, 0.2) is 0 Å². The SMILES string of the molecule is c1cc2c3c(c1)SS1=C3c3c(cccc3S1)C2.c1cc2c3c(ccc4c3c1SS4)SS2.c1cc2c3c(cccc3c1)SS2.c1cc2c3c4c5c(ccc6c5c5c3c1SS=5S6)SS=4S2.c1ccc2c(c1)=C1SS3=C4c5c6c(c7ccccc7c5S3)SS3=C6C(C=2S3)C14.c1ccc2c3c4c(c5ccccc5c5c4c(c2c1)SS5)SS3.c1ccc2cc3c(cc2c1)=C1SS2=C4c5c6c(c7ccccc7c5S2)SS2=C6C(C=3S2)C14. The lowest BCUT2D eigenvalue weighted by molar-refractivity contribution is 0.805. The lowest BCUT2D eigenvalue weighted by Crippen LogP contribution is -2.44. The molecule has 0 aromatic heterocycles. The molecule has 19 heterocycles. The third-order valence-electron chi connectivity index (χ3n) is 30.7. The summed E-state index contributed by atoms with van der Waals surface area (Å²) in [5.41, 5.74) is 12.9. The van der Waals surface area contributed by atoms with E-state index in [1.165, 1.54) is 197 Å². The van der Waals surface area contributed by atoms with Crippen molar-refractivity contribution in [2.45, 2.75) is 104 Å². The summed E-state index contributed by atoms with van der Waals surface area (Å²) in [6.45, 7) is 0. The molecule has 0 fully saturated rings. The summed E-state index contributed by atoms with van der Waals surface area (Å²) in [6, 6.07) is 104. The van der Waals surface area contributed by atoms with E-state index in [0.29, 0.717) is 49.3 Å². The van der Waals surface area contributed by atoms with Crippen molar-refractivity contribution in [2.24, 2.45) is 23.7 Å². The topological polar surface area (TPSA) is 0 Å². The first-order chi connectivity index (χ1) is 71.9. The minimum absolute atomic E-state index is 0.218. The van der Waals surface area contributed by atoms with Crippen LogP contribution in [0.4, 0.5) is 0 Å². The molecule has 0 bridgehead atoms. The van der Waals surface area contributed by atoms with Crippen molar-refractivity contribution in [3.05, 3.63) is 353 Å². The maximum Gasteiger partial charge on any atom is 0.0368 e. The van der Waals surface area contributed by atoms with Crippen LogP contribution in [0.3, 0.4) is 0 Å². The monoisotopic (exact) mass is 2410 g/mol. The quantitative estimate of drug-likeness (QED) is 0.0803. The standard InChI is InChI=1S/C26H12S6.C22H10S6.C18H8S4.C14H4S6.C14H8S3.C10H4S4.C10H6S2/c1-2-6-12-10-16-15(9-11(12)5-1)23-19-20-24(16)30-32-26(20)18-17-21(27-31(29-23)25(17)19)13-7-3-4-8-14(13)22(18)28-32;1-2-6-10-9(5-1)17-13-14-18(10)24-28-22(14)16-15-19(25-27(23-17)21(13)15)11-7-3-4-8-12(11)20(16)26-28;1-2-6-10-9(5-1)15-13-14-16(10)20-22-18(14)12-8-4-3-7-11(12)17(13)21-19-15;1-2-6-10-9-5(1)15-19-13(9)11-7(17-19)3-4-8-12(11)14(10)20(16-6)18-8;1-3-8-7-9-4-2-6-11-13(9)14-12(8)10(5-1)15-17(14)16-11;1-2-6-10-8(14-12-6)4-3-7-9(10)5(1)11-13-7;1-3-7-4-2-6-9-10(7)8(5-1)11-12-9/h1-10,19-20H;1-8,13-14H;1-8H;1-4H;1-6H,7H2;1-4H;1-6H. The van der Waals surface area contributed by atoms with Crippen LogP contribution in [0.5, 0.6) is 0 Å². The van der Waals surface area contributed by atoms with E-state index in [0.717, 1.165) is 6.42 Å². The van der Waals surface area contributed by atoms with E-state index in [1.54, 1.807) is 127 Å². The minimum Gasteiger partial charge on any atom is -0.0616 e. The Bertz CT molecular complexity index is 9990. The lowest BCUT2D eigenvalue weighted by Gasteiger charge is -2.35. The lowest BCUT2D eigenvalue weighted by atomic mass is 9.71. The van der Waals surface area contributed by atoms with Crippen LogP contribution in [-0.4, -0.2) is 24.3 Å². The fraction of sp³-hybridized carbons (Fsp3) is 0.0439. The minimum atomic E-state index is 0.218. The fourth-order valence-corrected chi connectivity index (χ4v) is 92.3. The van der Waals surface area contributed by atoms with Gasteiger partial charge in [-0.2, -0.15) is 0 Å². The molecule has 20 aromatic rings. The molecule has 44 rings (SSSR count). The predicted octanol–water partition coefficient (Wildman–Crippen LogP) is 41.0. The highest BCUT2D eigenvalue weighted by Gasteiger charge is 2.60. The van der Waals surface area contributed by atoms with E-state index in [2.05, 4.69) is 430 Å². The van der Waals surface area contributed by atoms with Crippen LogP contribution in [0, 0.1) is 32.7 Å². The van der Waals surface area contributed by atoms with Gasteiger partial charge in [-0.05, 0) is 183 Å². The van der Waals surface area contributed by atoms with Crippen molar-refractivity contribution in [1.29, 1.82) is 0 Å². The van der Waals surface area contributed by atoms with Crippen LogP contribution in [0.15, 0.2) is 377 Å². The molecule has 19 aliphatic heterocycles. The van der Waals surface area contributed by atoms with Crippen molar-refractivity contribution in [2.75, 3.05) is 0 Å². The van der Waals surface area contributed by atoms with E-state index in [1.807, 2.05) is 108 Å². The van der Waals surface area contributed by atoms with Crippen LogP contribution >= 0.6 is 319 Å². The molecular formula is C114H52S31. The smallest absolute Gasteiger partial charge is 0.0368 e. The van der Waals surface area contributed by atoms with Gasteiger partial charge in [0.1, 0.15) is 0 Å². The summed E-state index contributed by atoms with van der Waals surface area (Å²) in [6.07, 6.45) is 1.12. The van der Waals surface area contributed by atoms with Crippen LogP contribution in [0.2, 0.25) is 0 Å². The Morgan fingerprint density at radius 3 is 0.800 bits per heavy atom. The molecule has 8 unspecified atom stereocenters. The molecule has 145 heavy (non-hydrogen) atoms. The van der Waals surface area contributed by atoms with Gasteiger partial charge in [-0.15, -0.1) is 0 Å². The molecule has 0 N–H and O–H groups in total. The third kappa shape index (κ3) is 12.0. The zero-order valence-electron chi connectivity index (χ0n) is 73.7. The predicted molar refractivity (Wildman–Crippen MR) is 686 cm³/mol. The second kappa shape index (κ2) is 32.7. The average molecular weight is 2420 g/mol. The Labute approximate surface area is 938 Å². The summed E-state index contributed by atoms with van der Waals surface area (Å²) >= 11 is 0. The highest BCUT2D eigenvalue weighted by Crippen LogP contribution is 2.83. The van der Waals surface area contributed by atoms with Gasteiger partial charge < -0.3 is 0 Å². The van der Waals surface area contributed by atoms with Crippen molar-refractivity contribution in [3.63, 3.8) is 0 Å². The van der Waals surface area contributed by atoms with Gasteiger partial charge >= 0.3 is 0 Å². The third-order valence-corrected chi connectivity index (χ3v) is 88.4. The van der Waals surface area contributed by atoms with Gasteiger partial charge in [0.25, 0.3) is 0 Å². The molecule has 0 amide bonds. The van der Waals surface area contributed by atoms with Gasteiger partial charge in [0, 0.05) is 256 Å². The van der Waals surface area contributed by atoms with Crippen molar-refractivity contribution < 1.29 is 0 Å². The molecule has 0 nitrogen and oxygen atoms in total. The van der Waals surface area contributed by atoms with Crippen molar-refractivity contribution >= 4 is 471 Å². The van der Waals surface area contributed by atoms with Gasteiger partial charge in [0.2, 0.25) is 0 Å². The van der Waals surface area contributed by atoms with Crippen LogP contribution in [0.25, 0.3) is 127 Å². The molecule has 0 radical (unpaired) electrons. The Hall–Kier alpha value is -3.32. The molecular weight excluding hydrogens is 2360 g/mol. The zero-order chi connectivity index (χ0) is 92.9. The zero-order valence-corrected chi connectivity index (χ0v) is 99.0.